The van der Waals surface area contributed by atoms with Gasteiger partial charge in [-0.2, -0.15) is 0 Å². The molecular weight excluding hydrogens is 234 g/mol. The number of ether oxygens (including phenoxy) is 2. The van der Waals surface area contributed by atoms with Gasteiger partial charge in [0.05, 0.1) is 6.42 Å². The average molecular weight is 251 g/mol. The predicted molar refractivity (Wildman–Crippen MR) is 65.2 cm³/mol. The van der Waals surface area contributed by atoms with E-state index >= 15 is 0 Å². The fourth-order valence-corrected chi connectivity index (χ4v) is 1.42. The number of hydrogen-bond donors (Lipinski definition) is 0. The van der Waals surface area contributed by atoms with Crippen molar-refractivity contribution in [3.8, 4) is 0 Å². The maximum atomic E-state index is 11.8. The molecule has 0 amide bonds. The quantitative estimate of drug-likeness (QED) is 0.399. The van der Waals surface area contributed by atoms with Gasteiger partial charge in [-0.1, -0.05) is 0 Å². The van der Waals surface area contributed by atoms with Gasteiger partial charge in [-0.05, 0) is 26.0 Å². The maximum Gasteiger partial charge on any atom is 0.218 e. The van der Waals surface area contributed by atoms with Crippen LogP contribution in [0.15, 0.2) is 24.5 Å². The molecule has 98 valence electrons. The van der Waals surface area contributed by atoms with E-state index in [9.17, 15) is 9.59 Å². The molecule has 0 aromatic carbocycles. The molecule has 1 aromatic heterocycles. The van der Waals surface area contributed by atoms with Crippen LogP contribution >= 0.6 is 0 Å². The number of ketones is 2. The Hall–Kier alpha value is -1.59. The molecule has 0 aliphatic rings. The third-order valence-corrected chi connectivity index (χ3v) is 2.24. The Morgan fingerprint density at radius 3 is 2.22 bits per heavy atom. The Labute approximate surface area is 106 Å². The fraction of sp³-hybridized carbons (Fsp3) is 0.462. The highest BCUT2D eigenvalue weighted by Crippen LogP contribution is 2.06. The van der Waals surface area contributed by atoms with Crippen molar-refractivity contribution in [1.29, 1.82) is 0 Å². The van der Waals surface area contributed by atoms with E-state index in [1.54, 1.807) is 26.0 Å². The molecule has 0 saturated heterocycles. The van der Waals surface area contributed by atoms with Crippen LogP contribution in [0.1, 0.15) is 30.6 Å². The zero-order valence-electron chi connectivity index (χ0n) is 10.6. The first kappa shape index (κ1) is 14.5. The molecule has 0 atom stereocenters. The van der Waals surface area contributed by atoms with E-state index in [2.05, 4.69) is 4.98 Å². The molecule has 5 nitrogen and oxygen atoms in total. The first-order chi connectivity index (χ1) is 8.69. The second-order valence-corrected chi connectivity index (χ2v) is 3.54. The largest absolute Gasteiger partial charge is 0.346 e. The van der Waals surface area contributed by atoms with E-state index < -0.39 is 6.29 Å². The number of carbonyl (C=O) groups is 2. The molecule has 0 bridgehead atoms. The number of Topliss-reactive ketones (excluding diaryl/α,β-unsaturated/α-hetero) is 2. The highest BCUT2D eigenvalue weighted by Gasteiger charge is 2.22. The summed E-state index contributed by atoms with van der Waals surface area (Å²) in [5.74, 6) is -0.618. The monoisotopic (exact) mass is 251 g/mol. The van der Waals surface area contributed by atoms with Crippen molar-refractivity contribution in [3.05, 3.63) is 30.1 Å². The highest BCUT2D eigenvalue weighted by atomic mass is 16.7. The van der Waals surface area contributed by atoms with Gasteiger partial charge in [-0.3, -0.25) is 14.6 Å². The second kappa shape index (κ2) is 7.68. The third-order valence-electron chi connectivity index (χ3n) is 2.24. The van der Waals surface area contributed by atoms with Crippen molar-refractivity contribution in [2.45, 2.75) is 26.6 Å². The van der Waals surface area contributed by atoms with Crippen molar-refractivity contribution in [2.24, 2.45) is 0 Å². The zero-order valence-corrected chi connectivity index (χ0v) is 10.6. The minimum absolute atomic E-state index is 0.228. The summed E-state index contributed by atoms with van der Waals surface area (Å²) < 4.78 is 10.3. The summed E-state index contributed by atoms with van der Waals surface area (Å²) in [6, 6.07) is 3.15. The fourth-order valence-electron chi connectivity index (χ4n) is 1.42. The molecular formula is C13H17NO4. The van der Waals surface area contributed by atoms with Crippen LogP contribution in [0.4, 0.5) is 0 Å². The summed E-state index contributed by atoms with van der Waals surface area (Å²) in [7, 11) is 0. The van der Waals surface area contributed by atoms with Gasteiger partial charge in [-0.25, -0.2) is 0 Å². The topological polar surface area (TPSA) is 65.5 Å². The third kappa shape index (κ3) is 4.35. The molecule has 0 fully saturated rings. The van der Waals surface area contributed by atoms with Crippen LogP contribution in [0.25, 0.3) is 0 Å². The van der Waals surface area contributed by atoms with E-state index in [1.165, 1.54) is 12.4 Å². The van der Waals surface area contributed by atoms with Gasteiger partial charge >= 0.3 is 0 Å². The van der Waals surface area contributed by atoms with Crippen molar-refractivity contribution in [2.75, 3.05) is 13.2 Å². The molecule has 0 radical (unpaired) electrons. The smallest absolute Gasteiger partial charge is 0.218 e. The average Bonchev–Trinajstić information content (AvgIpc) is 2.39. The second-order valence-electron chi connectivity index (χ2n) is 3.54. The molecule has 1 aromatic rings. The van der Waals surface area contributed by atoms with E-state index in [1.807, 2.05) is 0 Å². The molecule has 18 heavy (non-hydrogen) atoms. The zero-order chi connectivity index (χ0) is 13.4. The Morgan fingerprint density at radius 1 is 1.17 bits per heavy atom. The van der Waals surface area contributed by atoms with Crippen LogP contribution in [-0.4, -0.2) is 36.1 Å². The highest BCUT2D eigenvalue weighted by molar-refractivity contribution is 6.08. The molecule has 5 heteroatoms. The number of nitrogens with zero attached hydrogens (tertiary/aromatic N) is 1. The standard InChI is InChI=1S/C13H17NO4/c1-3-17-13(18-4-2)12(16)9-11(15)10-5-7-14-8-6-10/h5-8,13H,3-4,9H2,1-2H3. The summed E-state index contributed by atoms with van der Waals surface area (Å²) in [6.07, 6.45) is 1.85. The van der Waals surface area contributed by atoms with Gasteiger partial charge in [0, 0.05) is 31.2 Å². The van der Waals surface area contributed by atoms with Crippen molar-refractivity contribution >= 4 is 11.6 Å². The molecule has 0 unspecified atom stereocenters. The normalized spacial score (nSPS) is 10.6. The van der Waals surface area contributed by atoms with Crippen LogP contribution in [0.3, 0.4) is 0 Å². The number of rotatable bonds is 8. The Balaban J connectivity index is 2.60. The van der Waals surface area contributed by atoms with Gasteiger partial charge in [0.2, 0.25) is 6.29 Å². The maximum absolute atomic E-state index is 11.8. The van der Waals surface area contributed by atoms with Crippen LogP contribution in [0, 0.1) is 0 Å². The SMILES string of the molecule is CCOC(OCC)C(=O)CC(=O)c1ccncc1. The van der Waals surface area contributed by atoms with E-state index in [0.717, 1.165) is 0 Å². The Kier molecular flexibility index (Phi) is 6.18. The summed E-state index contributed by atoms with van der Waals surface area (Å²) in [4.78, 5) is 27.4. The summed E-state index contributed by atoms with van der Waals surface area (Å²) >= 11 is 0. The van der Waals surface area contributed by atoms with E-state index in [0.29, 0.717) is 18.8 Å². The van der Waals surface area contributed by atoms with Gasteiger partial charge in [0.1, 0.15) is 0 Å². The number of hydrogen-bond acceptors (Lipinski definition) is 5. The van der Waals surface area contributed by atoms with Crippen LogP contribution in [0.2, 0.25) is 0 Å². The van der Waals surface area contributed by atoms with E-state index in [4.69, 9.17) is 9.47 Å². The molecule has 0 saturated carbocycles. The van der Waals surface area contributed by atoms with E-state index in [-0.39, 0.29) is 18.0 Å². The van der Waals surface area contributed by atoms with Gasteiger partial charge < -0.3 is 9.47 Å². The lowest BCUT2D eigenvalue weighted by atomic mass is 10.1. The summed E-state index contributed by atoms with van der Waals surface area (Å²) in [6.45, 7) is 4.26. The molecule has 0 spiro atoms. The predicted octanol–water partition coefficient (Wildman–Crippen LogP) is 1.62. The Morgan fingerprint density at radius 2 is 1.72 bits per heavy atom. The lowest BCUT2D eigenvalue weighted by Gasteiger charge is -2.14. The van der Waals surface area contributed by atoms with Crippen molar-refractivity contribution in [3.63, 3.8) is 0 Å². The minimum atomic E-state index is -0.953. The first-order valence-electron chi connectivity index (χ1n) is 5.88. The molecule has 1 heterocycles. The molecule has 0 N–H and O–H groups in total. The summed E-state index contributed by atoms with van der Waals surface area (Å²) in [5.41, 5.74) is 0.463. The van der Waals surface area contributed by atoms with Crippen LogP contribution < -0.4 is 0 Å². The molecule has 0 aliphatic carbocycles. The lowest BCUT2D eigenvalue weighted by Crippen LogP contribution is -2.29. The van der Waals surface area contributed by atoms with Crippen molar-refractivity contribution < 1.29 is 19.1 Å². The summed E-state index contributed by atoms with van der Waals surface area (Å²) in [5, 5.41) is 0. The van der Waals surface area contributed by atoms with Gasteiger partial charge in [-0.15, -0.1) is 0 Å². The Bertz CT molecular complexity index is 385. The lowest BCUT2D eigenvalue weighted by molar-refractivity contribution is -0.166. The van der Waals surface area contributed by atoms with Crippen molar-refractivity contribution in [1.82, 2.24) is 4.98 Å². The molecule has 0 aliphatic heterocycles. The van der Waals surface area contributed by atoms with Crippen LogP contribution in [0.5, 0.6) is 0 Å². The molecule has 1 rings (SSSR count). The minimum Gasteiger partial charge on any atom is -0.346 e. The van der Waals surface area contributed by atoms with Crippen LogP contribution in [-0.2, 0) is 14.3 Å². The number of carbonyl (C=O) groups excluding carboxylic acids is 2. The van der Waals surface area contributed by atoms with Gasteiger partial charge in [0.15, 0.2) is 11.6 Å². The van der Waals surface area contributed by atoms with Gasteiger partial charge in [0.25, 0.3) is 0 Å². The number of aromatic nitrogens is 1. The number of pyridine rings is 1. The first-order valence-corrected chi connectivity index (χ1v) is 5.88.